The van der Waals surface area contributed by atoms with E-state index in [1.54, 1.807) is 0 Å². The Morgan fingerprint density at radius 3 is 2.91 bits per heavy atom. The molecule has 1 aliphatic rings. The average Bonchev–Trinajstić information content (AvgIpc) is 1.82. The zero-order valence-electron chi connectivity index (χ0n) is 6.38. The Kier molecular flexibility index (Phi) is 3.99. The molecule has 0 aromatic carbocycles. The third-order valence-corrected chi connectivity index (χ3v) is 2.32. The van der Waals surface area contributed by atoms with Crippen molar-refractivity contribution in [2.24, 2.45) is 0 Å². The van der Waals surface area contributed by atoms with Crippen molar-refractivity contribution in [3.05, 3.63) is 0 Å². The highest BCUT2D eigenvalue weighted by Crippen LogP contribution is 1.98. The number of hydrogen-bond acceptors (Lipinski definition) is 3. The lowest BCUT2D eigenvalue weighted by Crippen LogP contribution is -2.49. The minimum absolute atomic E-state index is 0.326. The molecule has 1 fully saturated rings. The van der Waals surface area contributed by atoms with Crippen molar-refractivity contribution in [2.75, 3.05) is 25.4 Å². The lowest BCUT2D eigenvalue weighted by molar-refractivity contribution is 0.356. The third kappa shape index (κ3) is 3.81. The molecule has 1 aliphatic heterocycles. The van der Waals surface area contributed by atoms with Crippen molar-refractivity contribution in [1.82, 2.24) is 10.6 Å². The number of rotatable bonds is 5. The molecule has 0 aromatic rings. The summed E-state index contributed by atoms with van der Waals surface area (Å²) in [7, 11) is 0. The summed E-state index contributed by atoms with van der Waals surface area (Å²) in [5.74, 6) is 0.326. The summed E-state index contributed by atoms with van der Waals surface area (Å²) in [5.41, 5.74) is 0. The lowest BCUT2D eigenvalue weighted by Gasteiger charge is -2.27. The van der Waals surface area contributed by atoms with Crippen molar-refractivity contribution >= 4 is 11.1 Å². The van der Waals surface area contributed by atoms with Crippen LogP contribution in [0.3, 0.4) is 0 Å². The molecule has 0 amide bonds. The molecule has 1 rings (SSSR count). The number of hydrogen-bond donors (Lipinski definition) is 3. The molecule has 4 nitrogen and oxygen atoms in total. The topological polar surface area (TPSA) is 61.4 Å². The van der Waals surface area contributed by atoms with Gasteiger partial charge in [0.2, 0.25) is 0 Å². The van der Waals surface area contributed by atoms with Gasteiger partial charge < -0.3 is 15.2 Å². The van der Waals surface area contributed by atoms with E-state index in [4.69, 9.17) is 4.55 Å². The summed E-state index contributed by atoms with van der Waals surface area (Å²) in [6, 6.07) is 0.585. The fraction of sp³-hybridized carbons (Fsp3) is 1.00. The molecule has 1 heterocycles. The molecule has 11 heavy (non-hydrogen) atoms. The van der Waals surface area contributed by atoms with E-state index in [1.807, 2.05) is 0 Å². The molecule has 2 atom stereocenters. The van der Waals surface area contributed by atoms with E-state index < -0.39 is 11.1 Å². The van der Waals surface area contributed by atoms with Crippen LogP contribution in [-0.4, -0.2) is 40.2 Å². The Labute approximate surface area is 69.0 Å². The van der Waals surface area contributed by atoms with Crippen LogP contribution in [0.25, 0.3) is 0 Å². The second kappa shape index (κ2) is 4.82. The van der Waals surface area contributed by atoms with Crippen molar-refractivity contribution in [3.63, 3.8) is 0 Å². The highest BCUT2D eigenvalue weighted by molar-refractivity contribution is 7.79. The fourth-order valence-electron chi connectivity index (χ4n) is 0.958. The van der Waals surface area contributed by atoms with E-state index in [9.17, 15) is 4.21 Å². The largest absolute Gasteiger partial charge is 0.314 e. The minimum Gasteiger partial charge on any atom is -0.314 e. The smallest absolute Gasteiger partial charge is 0.154 e. The van der Waals surface area contributed by atoms with E-state index in [0.717, 1.165) is 13.1 Å². The van der Waals surface area contributed by atoms with E-state index in [-0.39, 0.29) is 0 Å². The van der Waals surface area contributed by atoms with Gasteiger partial charge in [-0.15, -0.1) is 0 Å². The molecule has 0 radical (unpaired) electrons. The standard InChI is InChI=1S/C6H14N2O2S/c9-11(10)4-3-7-5-6-1-2-8-6/h6-8H,1-5H2,(H,9,10). The quantitative estimate of drug-likeness (QED) is 0.379. The van der Waals surface area contributed by atoms with Crippen LogP contribution < -0.4 is 10.6 Å². The van der Waals surface area contributed by atoms with Gasteiger partial charge in [-0.2, -0.15) is 0 Å². The molecular formula is C6H14N2O2S. The summed E-state index contributed by atoms with van der Waals surface area (Å²) in [4.78, 5) is 0. The first-order valence-electron chi connectivity index (χ1n) is 3.80. The van der Waals surface area contributed by atoms with Gasteiger partial charge in [0.1, 0.15) is 0 Å². The second-order valence-corrected chi connectivity index (χ2v) is 3.72. The minimum atomic E-state index is -1.65. The molecular weight excluding hydrogens is 164 g/mol. The van der Waals surface area contributed by atoms with Crippen LogP contribution in [0.2, 0.25) is 0 Å². The number of nitrogens with one attached hydrogen (secondary N) is 2. The van der Waals surface area contributed by atoms with Crippen molar-refractivity contribution in [3.8, 4) is 0 Å². The van der Waals surface area contributed by atoms with Crippen LogP contribution in [0.4, 0.5) is 0 Å². The maximum atomic E-state index is 10.2. The molecule has 0 aromatic heterocycles. The van der Waals surface area contributed by atoms with Crippen molar-refractivity contribution < 1.29 is 8.76 Å². The van der Waals surface area contributed by atoms with Crippen LogP contribution in [0.15, 0.2) is 0 Å². The Morgan fingerprint density at radius 1 is 1.73 bits per heavy atom. The summed E-state index contributed by atoms with van der Waals surface area (Å²) >= 11 is -1.65. The van der Waals surface area contributed by atoms with E-state index in [2.05, 4.69) is 10.6 Å². The van der Waals surface area contributed by atoms with Crippen LogP contribution in [0.1, 0.15) is 6.42 Å². The summed E-state index contributed by atoms with van der Waals surface area (Å²) in [6.45, 7) is 2.65. The van der Waals surface area contributed by atoms with Gasteiger partial charge in [-0.1, -0.05) is 0 Å². The Bertz CT molecular complexity index is 139. The van der Waals surface area contributed by atoms with Crippen molar-refractivity contribution in [1.29, 1.82) is 0 Å². The van der Waals surface area contributed by atoms with E-state index in [1.165, 1.54) is 6.42 Å². The Balaban J connectivity index is 1.83. The Hall–Kier alpha value is 0.0300. The van der Waals surface area contributed by atoms with Crippen LogP contribution in [-0.2, 0) is 11.1 Å². The molecule has 1 saturated heterocycles. The molecule has 66 valence electrons. The monoisotopic (exact) mass is 178 g/mol. The van der Waals surface area contributed by atoms with Gasteiger partial charge in [-0.05, 0) is 13.0 Å². The summed E-state index contributed by atoms with van der Waals surface area (Å²) < 4.78 is 18.6. The molecule has 2 unspecified atom stereocenters. The van der Waals surface area contributed by atoms with Gasteiger partial charge >= 0.3 is 0 Å². The van der Waals surface area contributed by atoms with Gasteiger partial charge in [-0.25, -0.2) is 4.21 Å². The van der Waals surface area contributed by atoms with Gasteiger partial charge in [0, 0.05) is 19.1 Å². The first kappa shape index (κ1) is 9.12. The van der Waals surface area contributed by atoms with Gasteiger partial charge in [0.05, 0.1) is 5.75 Å². The third-order valence-electron chi connectivity index (χ3n) is 1.77. The summed E-state index contributed by atoms with van der Waals surface area (Å²) in [6.07, 6.45) is 1.22. The predicted molar refractivity (Wildman–Crippen MR) is 44.9 cm³/mol. The highest BCUT2D eigenvalue weighted by atomic mass is 32.2. The lowest BCUT2D eigenvalue weighted by atomic mass is 10.1. The zero-order valence-corrected chi connectivity index (χ0v) is 7.19. The SMILES string of the molecule is O=S(O)CCNCC1CCN1. The van der Waals surface area contributed by atoms with Crippen LogP contribution in [0, 0.1) is 0 Å². The molecule has 3 N–H and O–H groups in total. The van der Waals surface area contributed by atoms with Gasteiger partial charge in [0.25, 0.3) is 0 Å². The van der Waals surface area contributed by atoms with E-state index >= 15 is 0 Å². The molecule has 0 bridgehead atoms. The first-order valence-corrected chi connectivity index (χ1v) is 5.08. The van der Waals surface area contributed by atoms with E-state index in [0.29, 0.717) is 18.3 Å². The van der Waals surface area contributed by atoms with Gasteiger partial charge in [0.15, 0.2) is 11.1 Å². The van der Waals surface area contributed by atoms with Gasteiger partial charge in [-0.3, -0.25) is 0 Å². The average molecular weight is 178 g/mol. The molecule has 5 heteroatoms. The summed E-state index contributed by atoms with van der Waals surface area (Å²) in [5, 5.41) is 6.34. The molecule has 0 aliphatic carbocycles. The fourth-order valence-corrected chi connectivity index (χ4v) is 1.28. The molecule has 0 spiro atoms. The molecule has 0 saturated carbocycles. The second-order valence-electron chi connectivity index (χ2n) is 2.67. The maximum absolute atomic E-state index is 10.2. The normalized spacial score (nSPS) is 26.1. The zero-order chi connectivity index (χ0) is 8.10. The first-order chi connectivity index (χ1) is 5.29. The van der Waals surface area contributed by atoms with Crippen LogP contribution in [0.5, 0.6) is 0 Å². The van der Waals surface area contributed by atoms with Crippen LogP contribution >= 0.6 is 0 Å². The maximum Gasteiger partial charge on any atom is 0.154 e. The Morgan fingerprint density at radius 2 is 2.45 bits per heavy atom. The van der Waals surface area contributed by atoms with Crippen molar-refractivity contribution in [2.45, 2.75) is 12.5 Å². The highest BCUT2D eigenvalue weighted by Gasteiger charge is 2.14. The predicted octanol–water partition coefficient (Wildman–Crippen LogP) is -0.840.